The predicted octanol–water partition coefficient (Wildman–Crippen LogP) is 4.68. The van der Waals surface area contributed by atoms with E-state index < -0.39 is 0 Å². The molecule has 2 aromatic heterocycles. The van der Waals surface area contributed by atoms with Crippen LogP contribution in [0, 0.1) is 0 Å². The van der Waals surface area contributed by atoms with E-state index in [0.29, 0.717) is 11.3 Å². The van der Waals surface area contributed by atoms with Gasteiger partial charge in [-0.25, -0.2) is 0 Å². The predicted molar refractivity (Wildman–Crippen MR) is 106 cm³/mol. The highest BCUT2D eigenvalue weighted by Gasteiger charge is 1.93. The summed E-state index contributed by atoms with van der Waals surface area (Å²) in [7, 11) is 4.21. The summed E-state index contributed by atoms with van der Waals surface area (Å²) in [6.07, 6.45) is 6.30. The van der Waals surface area contributed by atoms with E-state index in [-0.39, 0.29) is 12.5 Å². The van der Waals surface area contributed by atoms with Crippen molar-refractivity contribution in [2.24, 2.45) is 0 Å². The van der Waals surface area contributed by atoms with Crippen LogP contribution in [0.15, 0.2) is 45.9 Å². The van der Waals surface area contributed by atoms with Crippen molar-refractivity contribution >= 4 is 66.7 Å². The molecule has 0 spiro atoms. The molecule has 0 radical (unpaired) electrons. The van der Waals surface area contributed by atoms with E-state index in [1.54, 1.807) is 24.7 Å². The summed E-state index contributed by atoms with van der Waals surface area (Å²) in [5, 5.41) is 8.72. The van der Waals surface area contributed by atoms with Crippen molar-refractivity contribution in [3.05, 3.63) is 45.9 Å². The molecule has 0 aliphatic heterocycles. The fourth-order valence-corrected chi connectivity index (χ4v) is 1.74. The summed E-state index contributed by atoms with van der Waals surface area (Å²) in [6, 6.07) is 3.39. The van der Waals surface area contributed by atoms with E-state index in [4.69, 9.17) is 9.84 Å². The van der Waals surface area contributed by atoms with Gasteiger partial charge in [0.25, 0.3) is 0 Å². The zero-order valence-electron chi connectivity index (χ0n) is 11.7. The van der Waals surface area contributed by atoms with Gasteiger partial charge in [0, 0.05) is 40.3 Å². The SMILES string of the molecule is Oc1cncc(Br)c1.POCBr.POCOc1cncc(Br)c1. The second-order valence-corrected chi connectivity index (χ2v) is 6.36. The average Bonchev–Trinajstić information content (AvgIpc) is 2.53. The Labute approximate surface area is 164 Å². The van der Waals surface area contributed by atoms with Crippen LogP contribution in [-0.2, 0) is 9.05 Å². The third-order valence-corrected chi connectivity index (χ3v) is 3.65. The van der Waals surface area contributed by atoms with Crippen LogP contribution in [0.4, 0.5) is 0 Å². The normalized spacial score (nSPS) is 9.09. The summed E-state index contributed by atoms with van der Waals surface area (Å²) < 4.78 is 15.8. The third kappa shape index (κ3) is 14.2. The number of hydrogen-bond acceptors (Lipinski definition) is 6. The molecule has 6 nitrogen and oxygen atoms in total. The van der Waals surface area contributed by atoms with Crippen molar-refractivity contribution in [2.45, 2.75) is 0 Å². The lowest BCUT2D eigenvalue weighted by molar-refractivity contribution is 0.140. The highest BCUT2D eigenvalue weighted by atomic mass is 79.9. The number of rotatable bonds is 4. The van der Waals surface area contributed by atoms with Gasteiger partial charge in [-0.1, -0.05) is 15.9 Å². The number of aromatic hydroxyl groups is 1. The molecule has 2 heterocycles. The second-order valence-electron chi connectivity index (χ2n) is 3.40. The Bertz CT molecular complexity index is 536. The quantitative estimate of drug-likeness (QED) is 0.337. The zero-order chi connectivity index (χ0) is 17.5. The topological polar surface area (TPSA) is 73.7 Å². The van der Waals surface area contributed by atoms with Crippen molar-refractivity contribution in [1.29, 1.82) is 0 Å². The number of nitrogens with zero attached hydrogens (tertiary/aromatic N) is 2. The second kappa shape index (κ2) is 15.6. The average molecular weight is 553 g/mol. The molecule has 0 saturated carbocycles. The van der Waals surface area contributed by atoms with Gasteiger partial charge >= 0.3 is 0 Å². The van der Waals surface area contributed by atoms with Crippen LogP contribution >= 0.6 is 66.7 Å². The molecule has 128 valence electrons. The van der Waals surface area contributed by atoms with Gasteiger partial charge in [0.15, 0.2) is 6.79 Å². The first-order valence-corrected chi connectivity index (χ1v) is 9.40. The minimum absolute atomic E-state index is 0.180. The lowest BCUT2D eigenvalue weighted by Gasteiger charge is -2.02. The maximum Gasteiger partial charge on any atom is 0.191 e. The maximum atomic E-state index is 8.72. The number of pyridine rings is 2. The largest absolute Gasteiger partial charge is 0.506 e. The summed E-state index contributed by atoms with van der Waals surface area (Å²) in [6.45, 7) is 0.211. The highest BCUT2D eigenvalue weighted by molar-refractivity contribution is 9.10. The molecule has 1 N–H and O–H groups in total. The molecule has 2 aromatic rings. The van der Waals surface area contributed by atoms with Crippen molar-refractivity contribution in [1.82, 2.24) is 9.97 Å². The Morgan fingerprint density at radius 1 is 0.957 bits per heavy atom. The van der Waals surface area contributed by atoms with Gasteiger partial charge in [-0.05, 0) is 44.0 Å². The van der Waals surface area contributed by atoms with Gasteiger partial charge in [0.2, 0.25) is 0 Å². The number of halogens is 3. The molecule has 2 unspecified atom stereocenters. The fourth-order valence-electron chi connectivity index (χ4n) is 0.974. The standard InChI is InChI=1S/C6H7BrNO2P.C5H4BrNO.CH4BrOP/c7-5-1-6(3-8-2-5)9-4-10-11;6-4-1-5(8)3-7-2-4;2-1-3-4/h1-3H,4,11H2;1-3,8H;1,4H2. The van der Waals surface area contributed by atoms with Crippen molar-refractivity contribution in [2.75, 3.05) is 12.3 Å². The van der Waals surface area contributed by atoms with Crippen LogP contribution in [0.25, 0.3) is 0 Å². The van der Waals surface area contributed by atoms with E-state index in [1.807, 2.05) is 6.07 Å². The van der Waals surface area contributed by atoms with E-state index in [1.165, 1.54) is 6.20 Å². The minimum atomic E-state index is 0.180. The van der Waals surface area contributed by atoms with E-state index in [0.717, 1.165) is 8.95 Å². The first kappa shape index (κ1) is 23.1. The van der Waals surface area contributed by atoms with E-state index in [2.05, 4.69) is 85.7 Å². The van der Waals surface area contributed by atoms with Crippen LogP contribution < -0.4 is 4.74 Å². The molecule has 11 heteroatoms. The Morgan fingerprint density at radius 2 is 1.52 bits per heavy atom. The summed E-state index contributed by atoms with van der Waals surface area (Å²) >= 11 is 9.41. The van der Waals surface area contributed by atoms with Gasteiger partial charge in [-0.15, -0.1) is 0 Å². The molecule has 23 heavy (non-hydrogen) atoms. The van der Waals surface area contributed by atoms with E-state index in [9.17, 15) is 0 Å². The van der Waals surface area contributed by atoms with E-state index >= 15 is 0 Å². The Hall–Kier alpha value is 0.120. The van der Waals surface area contributed by atoms with Crippen LogP contribution in [0.3, 0.4) is 0 Å². The van der Waals surface area contributed by atoms with Crippen LogP contribution in [0.5, 0.6) is 11.5 Å². The number of hydrogen-bond donors (Lipinski definition) is 1. The molecule has 0 amide bonds. The zero-order valence-corrected chi connectivity index (χ0v) is 18.8. The number of ether oxygens (including phenoxy) is 1. The Balaban J connectivity index is 0.000000354. The van der Waals surface area contributed by atoms with Gasteiger partial charge < -0.3 is 18.9 Å². The summed E-state index contributed by atoms with van der Waals surface area (Å²) in [5.74, 6) is 0.862. The summed E-state index contributed by atoms with van der Waals surface area (Å²) in [4.78, 5) is 7.59. The van der Waals surface area contributed by atoms with Gasteiger partial charge in [0.05, 0.1) is 12.4 Å². The highest BCUT2D eigenvalue weighted by Crippen LogP contribution is 2.15. The monoisotopic (exact) mass is 550 g/mol. The first-order valence-electron chi connectivity index (χ1n) is 5.75. The first-order chi connectivity index (χ1) is 11.0. The molecular weight excluding hydrogens is 538 g/mol. The fraction of sp³-hybridized carbons (Fsp3) is 0.167. The van der Waals surface area contributed by atoms with Crippen molar-refractivity contribution in [3.8, 4) is 11.5 Å². The van der Waals surface area contributed by atoms with Crippen LogP contribution in [0.1, 0.15) is 0 Å². The van der Waals surface area contributed by atoms with Gasteiger partial charge in [0.1, 0.15) is 17.0 Å². The van der Waals surface area contributed by atoms with Gasteiger partial charge in [-0.3, -0.25) is 9.97 Å². The van der Waals surface area contributed by atoms with Crippen molar-refractivity contribution < 1.29 is 18.9 Å². The lowest BCUT2D eigenvalue weighted by atomic mass is 10.5. The molecule has 0 aliphatic carbocycles. The number of aromatic nitrogens is 2. The number of alkyl halides is 1. The van der Waals surface area contributed by atoms with Crippen LogP contribution in [-0.4, -0.2) is 27.4 Å². The molecule has 0 saturated heterocycles. The molecule has 0 bridgehead atoms. The molecule has 2 rings (SSSR count). The summed E-state index contributed by atoms with van der Waals surface area (Å²) in [5.41, 5.74) is 0.595. The molecule has 2 atom stereocenters. The molecular formula is C12H15Br3N2O4P2. The smallest absolute Gasteiger partial charge is 0.191 e. The Morgan fingerprint density at radius 3 is 1.91 bits per heavy atom. The minimum Gasteiger partial charge on any atom is -0.506 e. The molecule has 0 fully saturated rings. The van der Waals surface area contributed by atoms with Gasteiger partial charge in [-0.2, -0.15) is 0 Å². The van der Waals surface area contributed by atoms with Crippen LogP contribution in [0.2, 0.25) is 0 Å². The van der Waals surface area contributed by atoms with Crippen molar-refractivity contribution in [3.63, 3.8) is 0 Å². The third-order valence-electron chi connectivity index (χ3n) is 1.73. The Kier molecular flexibility index (Phi) is 15.7. The molecule has 0 aliphatic rings. The maximum absolute atomic E-state index is 8.72. The molecule has 0 aromatic carbocycles. The lowest BCUT2D eigenvalue weighted by Crippen LogP contribution is -1.95.